The minimum absolute atomic E-state index is 0.239. The number of aromatic nitrogens is 1. The second-order valence-electron chi connectivity index (χ2n) is 3.88. The van der Waals surface area contributed by atoms with E-state index in [0.717, 1.165) is 30.1 Å². The van der Waals surface area contributed by atoms with Gasteiger partial charge in [-0.15, -0.1) is 11.6 Å². The van der Waals surface area contributed by atoms with E-state index in [2.05, 4.69) is 4.31 Å². The molecule has 0 atom stereocenters. The third kappa shape index (κ3) is 2.44. The smallest absolute Gasteiger partial charge is 0.181 e. The molecular formula is C11H15ClN2OS. The number of alkyl halides is 1. The predicted molar refractivity (Wildman–Crippen MR) is 67.1 cm³/mol. The number of Topliss-reactive ketones (excluding diaryl/α,β-unsaturated/α-hetero) is 1. The molecule has 0 N–H and O–H groups in total. The topological polar surface area (TPSA) is 25.2 Å². The van der Waals surface area contributed by atoms with Gasteiger partial charge in [-0.2, -0.15) is 0 Å². The summed E-state index contributed by atoms with van der Waals surface area (Å²) < 4.78 is 4.14. The molecule has 0 aromatic carbocycles. The first-order chi connectivity index (χ1) is 7.72. The molecule has 0 aliphatic carbocycles. The molecular weight excluding hydrogens is 244 g/mol. The number of rotatable bonds is 3. The van der Waals surface area contributed by atoms with Gasteiger partial charge in [-0.3, -0.25) is 4.79 Å². The predicted octanol–water partition coefficient (Wildman–Crippen LogP) is 2.55. The average molecular weight is 259 g/mol. The van der Waals surface area contributed by atoms with E-state index in [-0.39, 0.29) is 5.78 Å². The zero-order valence-electron chi connectivity index (χ0n) is 9.28. The zero-order chi connectivity index (χ0) is 11.5. The number of carbonyl (C=O) groups is 1. The summed E-state index contributed by atoms with van der Waals surface area (Å²) in [5.41, 5.74) is 0.846. The summed E-state index contributed by atoms with van der Waals surface area (Å²) in [5, 5.41) is 0. The Morgan fingerprint density at radius 1 is 1.56 bits per heavy atom. The maximum absolute atomic E-state index is 11.9. The lowest BCUT2D eigenvalue weighted by Gasteiger charge is -2.16. The van der Waals surface area contributed by atoms with Gasteiger partial charge in [-0.05, 0) is 24.4 Å². The van der Waals surface area contributed by atoms with Crippen LogP contribution in [0.4, 0.5) is 0 Å². The monoisotopic (exact) mass is 258 g/mol. The van der Waals surface area contributed by atoms with Crippen LogP contribution in [0.25, 0.3) is 0 Å². The molecule has 0 saturated heterocycles. The minimum atomic E-state index is 0.239. The maximum Gasteiger partial charge on any atom is 0.181 e. The van der Waals surface area contributed by atoms with Gasteiger partial charge in [-0.25, -0.2) is 4.31 Å². The highest BCUT2D eigenvalue weighted by atomic mass is 35.5. The lowest BCUT2D eigenvalue weighted by molar-refractivity contribution is 0.0968. The van der Waals surface area contributed by atoms with E-state index in [9.17, 15) is 4.79 Å². The molecule has 3 nitrogen and oxygen atoms in total. The molecule has 0 unspecified atom stereocenters. The molecule has 0 radical (unpaired) electrons. The highest BCUT2D eigenvalue weighted by molar-refractivity contribution is 7.97. The minimum Gasteiger partial charge on any atom is -0.347 e. The first kappa shape index (κ1) is 12.0. The van der Waals surface area contributed by atoms with E-state index in [1.165, 1.54) is 0 Å². The van der Waals surface area contributed by atoms with Crippen LogP contribution in [0.15, 0.2) is 17.2 Å². The summed E-state index contributed by atoms with van der Waals surface area (Å²) in [7, 11) is 1.92. The maximum atomic E-state index is 11.9. The van der Waals surface area contributed by atoms with Crippen LogP contribution >= 0.6 is 23.5 Å². The molecule has 5 heteroatoms. The van der Waals surface area contributed by atoms with Crippen molar-refractivity contribution in [3.63, 3.8) is 0 Å². The van der Waals surface area contributed by atoms with Gasteiger partial charge in [0, 0.05) is 38.6 Å². The lowest BCUT2D eigenvalue weighted by Crippen LogP contribution is -2.18. The van der Waals surface area contributed by atoms with Crippen molar-refractivity contribution in [2.24, 2.45) is 7.05 Å². The van der Waals surface area contributed by atoms with E-state index in [1.807, 2.05) is 23.9 Å². The van der Waals surface area contributed by atoms with Crippen molar-refractivity contribution < 1.29 is 4.79 Å². The average Bonchev–Trinajstić information content (AvgIpc) is 2.54. The number of carbonyl (C=O) groups excluding carboxylic acids is 1. The number of aryl methyl sites for hydroxylation is 1. The van der Waals surface area contributed by atoms with Crippen molar-refractivity contribution in [1.82, 2.24) is 8.87 Å². The summed E-state index contributed by atoms with van der Waals surface area (Å²) in [6, 6.07) is 2.01. The number of ketones is 1. The molecule has 2 rings (SSSR count). The highest BCUT2D eigenvalue weighted by Crippen LogP contribution is 2.31. The van der Waals surface area contributed by atoms with Crippen LogP contribution in [0.3, 0.4) is 0 Å². The van der Waals surface area contributed by atoms with Crippen molar-refractivity contribution in [2.75, 3.05) is 19.0 Å². The van der Waals surface area contributed by atoms with Gasteiger partial charge in [0.25, 0.3) is 0 Å². The molecule has 0 saturated carbocycles. The Labute approximate surface area is 105 Å². The first-order valence-corrected chi connectivity index (χ1v) is 6.70. The fourth-order valence-corrected chi connectivity index (χ4v) is 3.10. The SMILES string of the molecule is Cn1ccc2c1C(=O)CCN(CCCCl)S2. The summed E-state index contributed by atoms with van der Waals surface area (Å²) >= 11 is 7.36. The summed E-state index contributed by atoms with van der Waals surface area (Å²) in [5.74, 6) is 0.913. The third-order valence-corrected chi connectivity index (χ3v) is 4.07. The van der Waals surface area contributed by atoms with Crippen LogP contribution in [-0.2, 0) is 7.05 Å². The number of halogens is 1. The van der Waals surface area contributed by atoms with Crippen LogP contribution in [0, 0.1) is 0 Å². The molecule has 0 bridgehead atoms. The summed E-state index contributed by atoms with van der Waals surface area (Å²) in [6.45, 7) is 1.75. The fraction of sp³-hybridized carbons (Fsp3) is 0.545. The summed E-state index contributed by atoms with van der Waals surface area (Å²) in [4.78, 5) is 13.0. The van der Waals surface area contributed by atoms with E-state index < -0.39 is 0 Å². The van der Waals surface area contributed by atoms with E-state index >= 15 is 0 Å². The zero-order valence-corrected chi connectivity index (χ0v) is 10.9. The third-order valence-electron chi connectivity index (χ3n) is 2.66. The molecule has 16 heavy (non-hydrogen) atoms. The van der Waals surface area contributed by atoms with Gasteiger partial charge in [0.15, 0.2) is 5.78 Å². The standard InChI is InChI=1S/C11H15ClN2OS/c1-13-7-4-10-11(13)9(15)3-8-14(16-10)6-2-5-12/h4,7H,2-3,5-6,8H2,1H3. The molecule has 1 aliphatic rings. The van der Waals surface area contributed by atoms with Crippen molar-refractivity contribution in [3.05, 3.63) is 18.0 Å². The van der Waals surface area contributed by atoms with E-state index in [1.54, 1.807) is 11.9 Å². The van der Waals surface area contributed by atoms with Crippen molar-refractivity contribution >= 4 is 29.3 Å². The molecule has 2 heterocycles. The number of hydrogen-bond donors (Lipinski definition) is 0. The first-order valence-electron chi connectivity index (χ1n) is 5.40. The molecule has 1 aromatic heterocycles. The van der Waals surface area contributed by atoms with E-state index in [4.69, 9.17) is 11.6 Å². The molecule has 1 aliphatic heterocycles. The van der Waals surface area contributed by atoms with Crippen LogP contribution in [-0.4, -0.2) is 33.6 Å². The van der Waals surface area contributed by atoms with Gasteiger partial charge in [0.1, 0.15) is 0 Å². The van der Waals surface area contributed by atoms with Crippen molar-refractivity contribution in [3.8, 4) is 0 Å². The number of fused-ring (bicyclic) bond motifs is 1. The largest absolute Gasteiger partial charge is 0.347 e. The Kier molecular flexibility index (Phi) is 3.95. The highest BCUT2D eigenvalue weighted by Gasteiger charge is 2.23. The normalized spacial score (nSPS) is 17.2. The molecule has 88 valence electrons. The second-order valence-corrected chi connectivity index (χ2v) is 5.39. The van der Waals surface area contributed by atoms with Crippen LogP contribution in [0.2, 0.25) is 0 Å². The summed E-state index contributed by atoms with van der Waals surface area (Å²) in [6.07, 6.45) is 3.51. The Hall–Kier alpha value is -0.450. The lowest BCUT2D eigenvalue weighted by atomic mass is 10.2. The van der Waals surface area contributed by atoms with Crippen LogP contribution < -0.4 is 0 Å². The Morgan fingerprint density at radius 2 is 2.38 bits per heavy atom. The number of hydrogen-bond acceptors (Lipinski definition) is 3. The molecule has 1 aromatic rings. The van der Waals surface area contributed by atoms with Gasteiger partial charge in [0.05, 0.1) is 10.6 Å². The second kappa shape index (κ2) is 5.25. The van der Waals surface area contributed by atoms with Crippen LogP contribution in [0.5, 0.6) is 0 Å². The van der Waals surface area contributed by atoms with E-state index in [0.29, 0.717) is 12.3 Å². The Balaban J connectivity index is 2.15. The quantitative estimate of drug-likeness (QED) is 0.615. The van der Waals surface area contributed by atoms with Gasteiger partial charge < -0.3 is 4.57 Å². The molecule has 0 spiro atoms. The van der Waals surface area contributed by atoms with Crippen molar-refractivity contribution in [2.45, 2.75) is 17.7 Å². The molecule has 0 amide bonds. The Bertz CT molecular complexity index is 391. The van der Waals surface area contributed by atoms with Crippen LogP contribution in [0.1, 0.15) is 23.3 Å². The number of nitrogens with zero attached hydrogens (tertiary/aromatic N) is 2. The molecule has 0 fully saturated rings. The van der Waals surface area contributed by atoms with Gasteiger partial charge in [-0.1, -0.05) is 0 Å². The van der Waals surface area contributed by atoms with Gasteiger partial charge >= 0.3 is 0 Å². The van der Waals surface area contributed by atoms with Crippen molar-refractivity contribution in [1.29, 1.82) is 0 Å². The van der Waals surface area contributed by atoms with Gasteiger partial charge in [0.2, 0.25) is 0 Å². The fourth-order valence-electron chi connectivity index (χ4n) is 1.84. The Morgan fingerprint density at radius 3 is 3.12 bits per heavy atom.